The Labute approximate surface area is 180 Å². The molecule has 0 aliphatic rings. The van der Waals surface area contributed by atoms with Crippen LogP contribution < -0.4 is 19.5 Å². The SMILES string of the molecule is COc1ccc(NC(=O)C(C)(C)Oc2ccc(Cl)cc2)cc1OCc1cccnc1. The van der Waals surface area contributed by atoms with Crippen molar-refractivity contribution in [3.63, 3.8) is 0 Å². The third kappa shape index (κ3) is 5.64. The second-order valence-electron chi connectivity index (χ2n) is 7.04. The van der Waals surface area contributed by atoms with Crippen LogP contribution in [0.3, 0.4) is 0 Å². The molecule has 0 saturated heterocycles. The van der Waals surface area contributed by atoms with Crippen LogP contribution in [0.15, 0.2) is 67.0 Å². The zero-order valence-electron chi connectivity index (χ0n) is 17.0. The van der Waals surface area contributed by atoms with Gasteiger partial charge in [-0.15, -0.1) is 0 Å². The minimum atomic E-state index is -1.11. The normalized spacial score (nSPS) is 10.9. The lowest BCUT2D eigenvalue weighted by molar-refractivity contribution is -0.128. The van der Waals surface area contributed by atoms with E-state index < -0.39 is 5.60 Å². The number of carbonyl (C=O) groups excluding carboxylic acids is 1. The Balaban J connectivity index is 1.70. The standard InChI is InChI=1S/C23H23ClN2O4/c1-23(2,30-19-9-6-17(24)7-10-19)22(27)26-18-8-11-20(28-3)21(13-18)29-15-16-5-4-12-25-14-16/h4-14H,15H2,1-3H3,(H,26,27). The highest BCUT2D eigenvalue weighted by molar-refractivity contribution is 6.30. The van der Waals surface area contributed by atoms with Gasteiger partial charge in [-0.25, -0.2) is 0 Å². The van der Waals surface area contributed by atoms with E-state index in [1.807, 2.05) is 12.1 Å². The van der Waals surface area contributed by atoms with Gasteiger partial charge in [0.2, 0.25) is 0 Å². The molecule has 1 aromatic heterocycles. The zero-order chi connectivity index (χ0) is 21.6. The molecule has 7 heteroatoms. The molecule has 0 aliphatic carbocycles. The summed E-state index contributed by atoms with van der Waals surface area (Å²) >= 11 is 5.90. The number of nitrogens with zero attached hydrogens (tertiary/aromatic N) is 1. The van der Waals surface area contributed by atoms with E-state index >= 15 is 0 Å². The summed E-state index contributed by atoms with van der Waals surface area (Å²) in [5.74, 6) is 1.32. The summed E-state index contributed by atoms with van der Waals surface area (Å²) in [6.45, 7) is 3.72. The van der Waals surface area contributed by atoms with Crippen LogP contribution in [0.1, 0.15) is 19.4 Å². The summed E-state index contributed by atoms with van der Waals surface area (Å²) in [6, 6.07) is 15.8. The molecule has 0 spiro atoms. The van der Waals surface area contributed by atoms with Crippen molar-refractivity contribution in [3.8, 4) is 17.2 Å². The van der Waals surface area contributed by atoms with E-state index in [9.17, 15) is 4.79 Å². The van der Waals surface area contributed by atoms with Gasteiger partial charge in [0.25, 0.3) is 5.91 Å². The first kappa shape index (κ1) is 21.5. The van der Waals surface area contributed by atoms with Gasteiger partial charge in [0.05, 0.1) is 7.11 Å². The highest BCUT2D eigenvalue weighted by atomic mass is 35.5. The summed E-state index contributed by atoms with van der Waals surface area (Å²) in [5.41, 5.74) is 0.381. The van der Waals surface area contributed by atoms with E-state index in [0.717, 1.165) is 5.56 Å². The number of nitrogens with one attached hydrogen (secondary N) is 1. The minimum Gasteiger partial charge on any atom is -0.493 e. The molecule has 0 aliphatic heterocycles. The first-order valence-electron chi connectivity index (χ1n) is 9.33. The fourth-order valence-electron chi connectivity index (χ4n) is 2.64. The van der Waals surface area contributed by atoms with E-state index in [2.05, 4.69) is 10.3 Å². The number of hydrogen-bond donors (Lipinski definition) is 1. The van der Waals surface area contributed by atoms with Crippen LogP contribution in [0.2, 0.25) is 5.02 Å². The van der Waals surface area contributed by atoms with Gasteiger partial charge in [0.15, 0.2) is 17.1 Å². The summed E-state index contributed by atoms with van der Waals surface area (Å²) < 4.78 is 17.1. The second kappa shape index (κ2) is 9.50. The van der Waals surface area contributed by atoms with Crippen molar-refractivity contribution < 1.29 is 19.0 Å². The largest absolute Gasteiger partial charge is 0.493 e. The maximum Gasteiger partial charge on any atom is 0.267 e. The molecule has 1 amide bonds. The molecule has 1 N–H and O–H groups in total. The number of hydrogen-bond acceptors (Lipinski definition) is 5. The Morgan fingerprint density at radius 2 is 1.87 bits per heavy atom. The van der Waals surface area contributed by atoms with Gasteiger partial charge in [0.1, 0.15) is 12.4 Å². The van der Waals surface area contributed by atoms with Crippen LogP contribution in [-0.2, 0) is 11.4 Å². The van der Waals surface area contributed by atoms with Crippen LogP contribution in [0.25, 0.3) is 0 Å². The van der Waals surface area contributed by atoms with Crippen molar-refractivity contribution in [3.05, 3.63) is 77.6 Å². The van der Waals surface area contributed by atoms with E-state index in [4.69, 9.17) is 25.8 Å². The smallest absolute Gasteiger partial charge is 0.267 e. The molecular weight excluding hydrogens is 404 g/mol. The quantitative estimate of drug-likeness (QED) is 0.541. The van der Waals surface area contributed by atoms with Crippen LogP contribution in [0, 0.1) is 0 Å². The Bertz CT molecular complexity index is 992. The van der Waals surface area contributed by atoms with Crippen molar-refractivity contribution in [2.45, 2.75) is 26.1 Å². The number of pyridine rings is 1. The van der Waals surface area contributed by atoms with Crippen molar-refractivity contribution in [1.29, 1.82) is 0 Å². The molecule has 0 saturated carbocycles. The fraction of sp³-hybridized carbons (Fsp3) is 0.217. The van der Waals surface area contributed by atoms with Crippen LogP contribution in [-0.4, -0.2) is 23.6 Å². The second-order valence-corrected chi connectivity index (χ2v) is 7.47. The van der Waals surface area contributed by atoms with Gasteiger partial charge in [-0.2, -0.15) is 0 Å². The lowest BCUT2D eigenvalue weighted by atomic mass is 10.1. The molecule has 156 valence electrons. The Morgan fingerprint density at radius 1 is 1.10 bits per heavy atom. The first-order valence-corrected chi connectivity index (χ1v) is 9.71. The molecule has 3 aromatic rings. The Morgan fingerprint density at radius 3 is 2.53 bits per heavy atom. The third-order valence-corrected chi connectivity index (χ3v) is 4.52. The van der Waals surface area contributed by atoms with E-state index in [1.165, 1.54) is 0 Å². The Hall–Kier alpha value is -3.25. The van der Waals surface area contributed by atoms with E-state index in [1.54, 1.807) is 75.8 Å². The van der Waals surface area contributed by atoms with Gasteiger partial charge in [-0.1, -0.05) is 17.7 Å². The highest BCUT2D eigenvalue weighted by Crippen LogP contribution is 2.31. The molecule has 0 radical (unpaired) electrons. The maximum atomic E-state index is 12.8. The molecule has 1 heterocycles. The highest BCUT2D eigenvalue weighted by Gasteiger charge is 2.30. The van der Waals surface area contributed by atoms with Crippen LogP contribution in [0.4, 0.5) is 5.69 Å². The number of amides is 1. The number of aromatic nitrogens is 1. The summed E-state index contributed by atoms with van der Waals surface area (Å²) in [6.07, 6.45) is 3.43. The molecule has 3 rings (SSSR count). The van der Waals surface area contributed by atoms with Crippen molar-refractivity contribution in [2.75, 3.05) is 12.4 Å². The number of rotatable bonds is 8. The third-order valence-electron chi connectivity index (χ3n) is 4.27. The lowest BCUT2D eigenvalue weighted by Gasteiger charge is -2.25. The van der Waals surface area contributed by atoms with Gasteiger partial charge in [0, 0.05) is 34.7 Å². The van der Waals surface area contributed by atoms with Crippen molar-refractivity contribution in [1.82, 2.24) is 4.98 Å². The molecule has 0 bridgehead atoms. The van der Waals surface area contributed by atoms with Gasteiger partial charge >= 0.3 is 0 Å². The number of ether oxygens (including phenoxy) is 3. The number of methoxy groups -OCH3 is 1. The summed E-state index contributed by atoms with van der Waals surface area (Å²) in [5, 5.41) is 3.46. The molecule has 6 nitrogen and oxygen atoms in total. The molecule has 0 fully saturated rings. The number of halogens is 1. The zero-order valence-corrected chi connectivity index (χ0v) is 17.8. The van der Waals surface area contributed by atoms with E-state index in [-0.39, 0.29) is 5.91 Å². The van der Waals surface area contributed by atoms with E-state index in [0.29, 0.717) is 34.6 Å². The van der Waals surface area contributed by atoms with Crippen molar-refractivity contribution >= 4 is 23.2 Å². The van der Waals surface area contributed by atoms with Gasteiger partial charge in [-0.05, 0) is 56.3 Å². The predicted octanol–water partition coefficient (Wildman–Crippen LogP) is 5.12. The molecule has 0 unspecified atom stereocenters. The first-order chi connectivity index (χ1) is 14.4. The summed E-state index contributed by atoms with van der Waals surface area (Å²) in [4.78, 5) is 16.9. The maximum absolute atomic E-state index is 12.8. The van der Waals surface area contributed by atoms with Crippen molar-refractivity contribution in [2.24, 2.45) is 0 Å². The number of anilines is 1. The lowest BCUT2D eigenvalue weighted by Crippen LogP contribution is -2.42. The monoisotopic (exact) mass is 426 g/mol. The topological polar surface area (TPSA) is 69.7 Å². The molecule has 30 heavy (non-hydrogen) atoms. The summed E-state index contributed by atoms with van der Waals surface area (Å²) in [7, 11) is 1.56. The number of benzene rings is 2. The molecular formula is C23H23ClN2O4. The van der Waals surface area contributed by atoms with Crippen LogP contribution >= 0.6 is 11.6 Å². The number of carbonyl (C=O) groups is 1. The Kier molecular flexibility index (Phi) is 6.79. The predicted molar refractivity (Wildman–Crippen MR) is 116 cm³/mol. The molecule has 0 atom stereocenters. The van der Waals surface area contributed by atoms with Gasteiger partial charge < -0.3 is 19.5 Å². The molecule has 2 aromatic carbocycles. The van der Waals surface area contributed by atoms with Crippen LogP contribution in [0.5, 0.6) is 17.2 Å². The van der Waals surface area contributed by atoms with Gasteiger partial charge in [-0.3, -0.25) is 9.78 Å². The minimum absolute atomic E-state index is 0.305. The average Bonchev–Trinajstić information content (AvgIpc) is 2.74. The average molecular weight is 427 g/mol. The fourth-order valence-corrected chi connectivity index (χ4v) is 2.76.